The minimum absolute atomic E-state index is 0.285. The van der Waals surface area contributed by atoms with Gasteiger partial charge in [-0.3, -0.25) is 0 Å². The van der Waals surface area contributed by atoms with Gasteiger partial charge in [0.15, 0.2) is 12.2 Å². The van der Waals surface area contributed by atoms with Crippen molar-refractivity contribution in [3.05, 3.63) is 41.7 Å². The third-order valence-electron chi connectivity index (χ3n) is 2.85. The SMILES string of the molecule is Cc1ccc(F)c(-c2ocnc2CNCC(C)C)c1. The first-order chi connectivity index (χ1) is 9.08. The van der Waals surface area contributed by atoms with E-state index in [4.69, 9.17) is 4.42 Å². The standard InChI is InChI=1S/C15H19FN2O/c1-10(2)7-17-8-14-15(19-9-18-14)12-6-11(3)4-5-13(12)16/h4-6,9-10,17H,7-8H2,1-3H3. The van der Waals surface area contributed by atoms with Crippen LogP contribution in [0.3, 0.4) is 0 Å². The Labute approximate surface area is 112 Å². The van der Waals surface area contributed by atoms with Crippen LogP contribution in [0.25, 0.3) is 11.3 Å². The van der Waals surface area contributed by atoms with Gasteiger partial charge >= 0.3 is 0 Å². The zero-order valence-electron chi connectivity index (χ0n) is 11.5. The molecule has 3 nitrogen and oxygen atoms in total. The monoisotopic (exact) mass is 262 g/mol. The molecule has 0 radical (unpaired) electrons. The van der Waals surface area contributed by atoms with Crippen molar-refractivity contribution in [3.63, 3.8) is 0 Å². The molecule has 2 aromatic rings. The number of nitrogens with one attached hydrogen (secondary N) is 1. The fourth-order valence-electron chi connectivity index (χ4n) is 1.91. The second-order valence-electron chi connectivity index (χ2n) is 5.14. The summed E-state index contributed by atoms with van der Waals surface area (Å²) in [6, 6.07) is 4.98. The summed E-state index contributed by atoms with van der Waals surface area (Å²) in [6.45, 7) is 7.67. The van der Waals surface area contributed by atoms with Gasteiger partial charge in [0.1, 0.15) is 11.5 Å². The third kappa shape index (κ3) is 3.41. The Morgan fingerprint density at radius 1 is 1.37 bits per heavy atom. The molecule has 0 bridgehead atoms. The summed E-state index contributed by atoms with van der Waals surface area (Å²) in [6.07, 6.45) is 1.36. The van der Waals surface area contributed by atoms with Crippen LogP contribution in [0.2, 0.25) is 0 Å². The third-order valence-corrected chi connectivity index (χ3v) is 2.85. The lowest BCUT2D eigenvalue weighted by Gasteiger charge is -2.07. The van der Waals surface area contributed by atoms with Crippen LogP contribution in [0.5, 0.6) is 0 Å². The predicted octanol–water partition coefficient (Wildman–Crippen LogP) is 3.53. The van der Waals surface area contributed by atoms with Crippen molar-refractivity contribution >= 4 is 0 Å². The van der Waals surface area contributed by atoms with Crippen LogP contribution in [0.15, 0.2) is 29.0 Å². The maximum absolute atomic E-state index is 13.9. The first-order valence-corrected chi connectivity index (χ1v) is 6.47. The number of hydrogen-bond acceptors (Lipinski definition) is 3. The van der Waals surface area contributed by atoms with Crippen molar-refractivity contribution in [2.75, 3.05) is 6.54 Å². The van der Waals surface area contributed by atoms with Crippen molar-refractivity contribution in [2.45, 2.75) is 27.3 Å². The van der Waals surface area contributed by atoms with Gasteiger partial charge in [0.25, 0.3) is 0 Å². The molecule has 1 aromatic heterocycles. The zero-order valence-corrected chi connectivity index (χ0v) is 11.5. The quantitative estimate of drug-likeness (QED) is 0.895. The minimum Gasteiger partial charge on any atom is -0.443 e. The first-order valence-electron chi connectivity index (χ1n) is 6.47. The summed E-state index contributed by atoms with van der Waals surface area (Å²) in [4.78, 5) is 4.16. The van der Waals surface area contributed by atoms with Crippen LogP contribution < -0.4 is 5.32 Å². The molecular formula is C15H19FN2O. The molecule has 4 heteroatoms. The van der Waals surface area contributed by atoms with Gasteiger partial charge < -0.3 is 9.73 Å². The lowest BCUT2D eigenvalue weighted by Crippen LogP contribution is -2.19. The van der Waals surface area contributed by atoms with Gasteiger partial charge in [-0.2, -0.15) is 0 Å². The smallest absolute Gasteiger partial charge is 0.181 e. The highest BCUT2D eigenvalue weighted by molar-refractivity contribution is 5.61. The Balaban J connectivity index is 2.21. The molecule has 2 rings (SSSR count). The summed E-state index contributed by atoms with van der Waals surface area (Å²) < 4.78 is 19.2. The Bertz CT molecular complexity index is 549. The molecule has 102 valence electrons. The van der Waals surface area contributed by atoms with E-state index in [9.17, 15) is 4.39 Å². The number of nitrogens with zero attached hydrogens (tertiary/aromatic N) is 1. The average molecular weight is 262 g/mol. The van der Waals surface area contributed by atoms with Gasteiger partial charge in [-0.15, -0.1) is 0 Å². The van der Waals surface area contributed by atoms with Crippen LogP contribution >= 0.6 is 0 Å². The van der Waals surface area contributed by atoms with Crippen molar-refractivity contribution in [1.82, 2.24) is 10.3 Å². The summed E-state index contributed by atoms with van der Waals surface area (Å²) in [5, 5.41) is 3.29. The van der Waals surface area contributed by atoms with E-state index in [1.54, 1.807) is 12.1 Å². The maximum atomic E-state index is 13.9. The number of halogens is 1. The summed E-state index contributed by atoms with van der Waals surface area (Å²) in [5.41, 5.74) is 2.21. The Morgan fingerprint density at radius 3 is 2.89 bits per heavy atom. The Hall–Kier alpha value is -1.68. The van der Waals surface area contributed by atoms with Crippen LogP contribution in [0.4, 0.5) is 4.39 Å². The molecule has 19 heavy (non-hydrogen) atoms. The lowest BCUT2D eigenvalue weighted by atomic mass is 10.1. The molecule has 1 N–H and O–H groups in total. The van der Waals surface area contributed by atoms with Crippen LogP contribution in [-0.4, -0.2) is 11.5 Å². The predicted molar refractivity (Wildman–Crippen MR) is 73.2 cm³/mol. The van der Waals surface area contributed by atoms with E-state index in [1.165, 1.54) is 12.5 Å². The van der Waals surface area contributed by atoms with Crippen molar-refractivity contribution in [1.29, 1.82) is 0 Å². The van der Waals surface area contributed by atoms with E-state index in [1.807, 2.05) is 6.92 Å². The largest absolute Gasteiger partial charge is 0.443 e. The fraction of sp³-hybridized carbons (Fsp3) is 0.400. The van der Waals surface area contributed by atoms with E-state index in [2.05, 4.69) is 24.1 Å². The van der Waals surface area contributed by atoms with E-state index >= 15 is 0 Å². The highest BCUT2D eigenvalue weighted by Crippen LogP contribution is 2.26. The molecular weight excluding hydrogens is 243 g/mol. The number of benzene rings is 1. The average Bonchev–Trinajstić information content (AvgIpc) is 2.80. The lowest BCUT2D eigenvalue weighted by molar-refractivity contribution is 0.542. The summed E-state index contributed by atoms with van der Waals surface area (Å²) in [7, 11) is 0. The Kier molecular flexibility index (Phi) is 4.32. The fourth-order valence-corrected chi connectivity index (χ4v) is 1.91. The van der Waals surface area contributed by atoms with E-state index < -0.39 is 0 Å². The van der Waals surface area contributed by atoms with Gasteiger partial charge in [-0.05, 0) is 31.5 Å². The minimum atomic E-state index is -0.285. The molecule has 0 unspecified atom stereocenters. The number of aromatic nitrogens is 1. The highest BCUT2D eigenvalue weighted by Gasteiger charge is 2.14. The number of hydrogen-bond donors (Lipinski definition) is 1. The van der Waals surface area contributed by atoms with E-state index in [-0.39, 0.29) is 5.82 Å². The number of oxazole rings is 1. The Morgan fingerprint density at radius 2 is 2.16 bits per heavy atom. The maximum Gasteiger partial charge on any atom is 0.181 e. The highest BCUT2D eigenvalue weighted by atomic mass is 19.1. The second kappa shape index (κ2) is 5.97. The normalized spacial score (nSPS) is 11.2. The van der Waals surface area contributed by atoms with Crippen molar-refractivity contribution in [3.8, 4) is 11.3 Å². The molecule has 0 fully saturated rings. The molecule has 0 aliphatic carbocycles. The molecule has 1 aromatic carbocycles. The van der Waals surface area contributed by atoms with Gasteiger partial charge in [0.2, 0.25) is 0 Å². The topological polar surface area (TPSA) is 38.1 Å². The van der Waals surface area contributed by atoms with Gasteiger partial charge in [0.05, 0.1) is 5.56 Å². The van der Waals surface area contributed by atoms with E-state index in [0.29, 0.717) is 23.8 Å². The molecule has 0 amide bonds. The molecule has 1 heterocycles. The van der Waals surface area contributed by atoms with Gasteiger partial charge in [0, 0.05) is 6.54 Å². The summed E-state index contributed by atoms with van der Waals surface area (Å²) >= 11 is 0. The number of rotatable bonds is 5. The number of aryl methyl sites for hydroxylation is 1. The van der Waals surface area contributed by atoms with Crippen LogP contribution in [0.1, 0.15) is 25.1 Å². The van der Waals surface area contributed by atoms with Crippen LogP contribution in [-0.2, 0) is 6.54 Å². The first kappa shape index (κ1) is 13.7. The van der Waals surface area contributed by atoms with Gasteiger partial charge in [-0.1, -0.05) is 25.5 Å². The van der Waals surface area contributed by atoms with Crippen LogP contribution in [0, 0.1) is 18.7 Å². The molecule has 0 saturated carbocycles. The van der Waals surface area contributed by atoms with Crippen molar-refractivity contribution < 1.29 is 8.81 Å². The summed E-state index contributed by atoms with van der Waals surface area (Å²) in [5.74, 6) is 0.788. The van der Waals surface area contributed by atoms with Crippen molar-refractivity contribution in [2.24, 2.45) is 5.92 Å². The second-order valence-corrected chi connectivity index (χ2v) is 5.14. The molecule has 0 aliphatic rings. The molecule has 0 saturated heterocycles. The zero-order chi connectivity index (χ0) is 13.8. The molecule has 0 aliphatic heterocycles. The van der Waals surface area contributed by atoms with E-state index in [0.717, 1.165) is 17.8 Å². The molecule has 0 atom stereocenters. The van der Waals surface area contributed by atoms with Gasteiger partial charge in [-0.25, -0.2) is 9.37 Å². The molecule has 0 spiro atoms.